The maximum absolute atomic E-state index is 6.66. The van der Waals surface area contributed by atoms with Gasteiger partial charge in [0, 0.05) is 53.8 Å². The summed E-state index contributed by atoms with van der Waals surface area (Å²) in [6.07, 6.45) is 2.09. The van der Waals surface area contributed by atoms with E-state index < -0.39 is 0 Å². The zero-order chi connectivity index (χ0) is 9.40. The van der Waals surface area contributed by atoms with Crippen LogP contribution in [-0.4, -0.2) is 0 Å². The SMILES string of the molecule is CC.[2H]C#Cc1[c-]cccc1C.[CH3-].[W].[Y]. The Balaban J connectivity index is -0.000000114. The fraction of sp³-hybridized carbons (Fsp3) is 0.250. The molecule has 1 aromatic rings. The normalized spacial score (nSPS) is 6.36. The van der Waals surface area contributed by atoms with Crippen LogP contribution in [0.2, 0.25) is 0 Å². The standard InChI is InChI=1S/C9H7.C2H6.CH3.W.Y/c1-3-9-7-5-4-6-8(9)2;1-2;;;/h1,4-6H,2H3;1-2H3;1H3;;/q-1;;-1;;/i1D;;;;. The summed E-state index contributed by atoms with van der Waals surface area (Å²) in [4.78, 5) is 0. The molecule has 0 amide bonds. The van der Waals surface area contributed by atoms with Gasteiger partial charge in [0.1, 0.15) is 1.37 Å². The molecule has 0 aliphatic carbocycles. The minimum atomic E-state index is 0. The second kappa shape index (κ2) is 16.0. The minimum absolute atomic E-state index is 0. The molecule has 2 heteroatoms. The molecule has 0 bridgehead atoms. The first-order chi connectivity index (χ1) is 5.84. The summed E-state index contributed by atoms with van der Waals surface area (Å²) in [7, 11) is 0. The first kappa shape index (κ1) is 20.0. The largest absolute Gasteiger partial charge is 0.358 e. The average molecular weight is 434 g/mol. The monoisotopic (exact) mass is 434 g/mol. The predicted octanol–water partition coefficient (Wildman–Crippen LogP) is 3.25. The van der Waals surface area contributed by atoms with Crippen LogP contribution in [-0.2, 0) is 53.8 Å². The third-order valence-corrected chi connectivity index (χ3v) is 1.19. The fourth-order valence-electron chi connectivity index (χ4n) is 0.656. The molecule has 1 radical (unpaired) electrons. The van der Waals surface area contributed by atoms with E-state index in [1.165, 1.54) is 0 Å². The van der Waals surface area contributed by atoms with E-state index in [0.29, 0.717) is 0 Å². The molecule has 0 spiro atoms. The van der Waals surface area contributed by atoms with Gasteiger partial charge in [0.2, 0.25) is 0 Å². The Hall–Kier alpha value is 0.572. The summed E-state index contributed by atoms with van der Waals surface area (Å²) < 4.78 is 6.66. The summed E-state index contributed by atoms with van der Waals surface area (Å²) in [5, 5.41) is 0. The summed E-state index contributed by atoms with van der Waals surface area (Å²) in [6, 6.07) is 8.60. The third kappa shape index (κ3) is 9.14. The second-order valence-electron chi connectivity index (χ2n) is 1.85. The van der Waals surface area contributed by atoms with Crippen molar-refractivity contribution in [2.45, 2.75) is 20.8 Å². The molecular weight excluding hydrogens is 417 g/mol. The predicted molar refractivity (Wildman–Crippen MR) is 55.7 cm³/mol. The van der Waals surface area contributed by atoms with Gasteiger partial charge in [-0.05, 0) is 0 Å². The molecule has 1 aromatic carbocycles. The molecule has 14 heavy (non-hydrogen) atoms. The van der Waals surface area contributed by atoms with Crippen LogP contribution in [0.15, 0.2) is 18.2 Å². The fourth-order valence-corrected chi connectivity index (χ4v) is 0.656. The Labute approximate surface area is 130 Å². The summed E-state index contributed by atoms with van der Waals surface area (Å²) in [6.45, 7) is 5.95. The number of hydrogen-bond donors (Lipinski definition) is 0. The first-order valence-electron chi connectivity index (χ1n) is 4.24. The van der Waals surface area contributed by atoms with Crippen molar-refractivity contribution < 1.29 is 55.1 Å². The molecule has 0 N–H and O–H groups in total. The van der Waals surface area contributed by atoms with E-state index in [9.17, 15) is 0 Å². The van der Waals surface area contributed by atoms with Crippen LogP contribution in [0.5, 0.6) is 0 Å². The van der Waals surface area contributed by atoms with E-state index in [2.05, 4.69) is 18.4 Å². The molecule has 0 heterocycles. The van der Waals surface area contributed by atoms with Gasteiger partial charge in [-0.3, -0.25) is 0 Å². The van der Waals surface area contributed by atoms with Crippen molar-refractivity contribution in [3.05, 3.63) is 42.8 Å². The van der Waals surface area contributed by atoms with E-state index in [1.807, 2.05) is 32.9 Å². The van der Waals surface area contributed by atoms with Gasteiger partial charge in [0.15, 0.2) is 0 Å². The maximum atomic E-state index is 6.66. The van der Waals surface area contributed by atoms with Gasteiger partial charge in [-0.15, -0.1) is 35.4 Å². The third-order valence-electron chi connectivity index (χ3n) is 1.19. The van der Waals surface area contributed by atoms with Gasteiger partial charge in [0.05, 0.1) is 0 Å². The van der Waals surface area contributed by atoms with Crippen molar-refractivity contribution in [2.24, 2.45) is 0 Å². The molecule has 1 rings (SSSR count). The molecule has 0 nitrogen and oxygen atoms in total. The molecule has 0 unspecified atom stereocenters. The van der Waals surface area contributed by atoms with Crippen LogP contribution in [0.1, 0.15) is 26.3 Å². The number of benzene rings is 1. The van der Waals surface area contributed by atoms with Crippen LogP contribution in [0.25, 0.3) is 0 Å². The zero-order valence-corrected chi connectivity index (χ0v) is 15.0. The maximum Gasteiger partial charge on any atom is 0.112 e. The van der Waals surface area contributed by atoms with Crippen LogP contribution >= 0.6 is 0 Å². The molecule has 0 atom stereocenters. The number of hydrogen-bond acceptors (Lipinski definition) is 0. The second-order valence-corrected chi connectivity index (χ2v) is 1.85. The average Bonchev–Trinajstić information content (AvgIpc) is 2.13. The molecule has 0 fully saturated rings. The van der Waals surface area contributed by atoms with E-state index in [1.54, 1.807) is 6.07 Å². The van der Waals surface area contributed by atoms with Crippen LogP contribution in [0, 0.1) is 32.7 Å². The Morgan fingerprint density at radius 2 is 2.07 bits per heavy atom. The number of rotatable bonds is 0. The Morgan fingerprint density at radius 3 is 2.50 bits per heavy atom. The minimum Gasteiger partial charge on any atom is -0.358 e. The van der Waals surface area contributed by atoms with E-state index in [4.69, 9.17) is 1.37 Å². The topological polar surface area (TPSA) is 0 Å². The van der Waals surface area contributed by atoms with Crippen molar-refractivity contribution in [1.29, 1.82) is 0 Å². The Kier molecular flexibility index (Phi) is 22.9. The van der Waals surface area contributed by atoms with Crippen molar-refractivity contribution in [1.82, 2.24) is 0 Å². The van der Waals surface area contributed by atoms with Crippen molar-refractivity contribution in [3.8, 4) is 12.3 Å². The smallest absolute Gasteiger partial charge is 0.112 e. The van der Waals surface area contributed by atoms with Gasteiger partial charge >= 0.3 is 0 Å². The summed E-state index contributed by atoms with van der Waals surface area (Å²) in [5.74, 6) is 2.64. The summed E-state index contributed by atoms with van der Waals surface area (Å²) >= 11 is 0. The Bertz CT molecular complexity index is 289. The Morgan fingerprint density at radius 1 is 1.50 bits per heavy atom. The quantitative estimate of drug-likeness (QED) is 0.435. The van der Waals surface area contributed by atoms with Gasteiger partial charge < -0.3 is 7.43 Å². The number of terminal acetylenes is 1. The molecule has 0 aliphatic heterocycles. The molecule has 75 valence electrons. The van der Waals surface area contributed by atoms with Crippen LogP contribution in [0.3, 0.4) is 0 Å². The van der Waals surface area contributed by atoms with Gasteiger partial charge in [0.25, 0.3) is 0 Å². The molecule has 0 saturated carbocycles. The summed E-state index contributed by atoms with van der Waals surface area (Å²) in [5.41, 5.74) is 1.89. The van der Waals surface area contributed by atoms with E-state index >= 15 is 0 Å². The first-order valence-corrected chi connectivity index (χ1v) is 3.74. The number of aryl methyl sites for hydroxylation is 1. The van der Waals surface area contributed by atoms with Gasteiger partial charge in [-0.25, -0.2) is 0 Å². The van der Waals surface area contributed by atoms with Crippen LogP contribution in [0.4, 0.5) is 0 Å². The van der Waals surface area contributed by atoms with Crippen molar-refractivity contribution in [3.63, 3.8) is 0 Å². The van der Waals surface area contributed by atoms with Crippen LogP contribution < -0.4 is 0 Å². The van der Waals surface area contributed by atoms with Crippen molar-refractivity contribution >= 4 is 0 Å². The van der Waals surface area contributed by atoms with Gasteiger partial charge in [-0.1, -0.05) is 20.8 Å². The van der Waals surface area contributed by atoms with Gasteiger partial charge in [-0.2, -0.15) is 12.3 Å². The molecule has 0 aromatic heterocycles. The van der Waals surface area contributed by atoms with Crippen molar-refractivity contribution in [2.75, 3.05) is 0 Å². The zero-order valence-electron chi connectivity index (χ0n) is 10.2. The van der Waals surface area contributed by atoms with E-state index in [0.717, 1.165) is 11.1 Å². The molecule has 0 aliphatic rings. The molecular formula is C12H16WY-2. The molecule has 0 saturated heterocycles. The van der Waals surface area contributed by atoms with E-state index in [-0.39, 0.29) is 61.2 Å².